The molecule has 0 aromatic rings. The molecule has 0 spiro atoms. The molecule has 0 saturated carbocycles. The zero-order chi connectivity index (χ0) is 20.2. The SMILES string of the molecule is CC(=O)C(Cl)(CCCCCCC(=O)O)CCCC(O)CCCC(C)(C)C. The highest BCUT2D eigenvalue weighted by Crippen LogP contribution is 2.31. The third-order valence-electron chi connectivity index (χ3n) is 4.92. The highest BCUT2D eigenvalue weighted by atomic mass is 35.5. The second-order valence-electron chi connectivity index (χ2n) is 8.83. The molecule has 0 bridgehead atoms. The minimum absolute atomic E-state index is 0.00748. The largest absolute Gasteiger partial charge is 0.481 e. The van der Waals surface area contributed by atoms with Crippen molar-refractivity contribution in [3.05, 3.63) is 0 Å². The van der Waals surface area contributed by atoms with E-state index < -0.39 is 10.8 Å². The number of ketones is 1. The van der Waals surface area contributed by atoms with E-state index in [1.165, 1.54) is 6.92 Å². The number of Topliss-reactive ketones (excluding diaryl/α,β-unsaturated/α-hetero) is 1. The van der Waals surface area contributed by atoms with Crippen molar-refractivity contribution in [1.82, 2.24) is 0 Å². The number of aliphatic hydroxyl groups excluding tert-OH is 1. The molecule has 4 nitrogen and oxygen atoms in total. The van der Waals surface area contributed by atoms with Gasteiger partial charge in [0.2, 0.25) is 0 Å². The van der Waals surface area contributed by atoms with Crippen LogP contribution in [0.15, 0.2) is 0 Å². The standard InChI is InChI=1S/C21H39ClO4/c1-17(23)21(22,15-8-6-5-7-13-19(25)26)16-10-12-18(24)11-9-14-20(2,3)4/h18,24H,5-16H2,1-4H3,(H,25,26). The Morgan fingerprint density at radius 3 is 1.88 bits per heavy atom. The summed E-state index contributed by atoms with van der Waals surface area (Å²) in [5.41, 5.74) is 0.296. The normalized spacial score (nSPS) is 15.5. The monoisotopic (exact) mass is 390 g/mol. The van der Waals surface area contributed by atoms with Gasteiger partial charge in [0.15, 0.2) is 5.78 Å². The number of unbranched alkanes of at least 4 members (excludes halogenated alkanes) is 3. The van der Waals surface area contributed by atoms with Crippen molar-refractivity contribution in [3.63, 3.8) is 0 Å². The predicted octanol–water partition coefficient (Wildman–Crippen LogP) is 5.73. The molecule has 0 aliphatic heterocycles. The van der Waals surface area contributed by atoms with Crippen LogP contribution in [0.1, 0.15) is 105 Å². The molecular weight excluding hydrogens is 352 g/mol. The highest BCUT2D eigenvalue weighted by Gasteiger charge is 2.31. The summed E-state index contributed by atoms with van der Waals surface area (Å²) in [6, 6.07) is 0. The molecule has 0 aliphatic rings. The van der Waals surface area contributed by atoms with Gasteiger partial charge in [0.25, 0.3) is 0 Å². The topological polar surface area (TPSA) is 74.6 Å². The van der Waals surface area contributed by atoms with E-state index in [4.69, 9.17) is 16.7 Å². The van der Waals surface area contributed by atoms with Crippen molar-refractivity contribution in [3.8, 4) is 0 Å². The van der Waals surface area contributed by atoms with E-state index in [-0.39, 0.29) is 18.3 Å². The van der Waals surface area contributed by atoms with Crippen LogP contribution in [-0.2, 0) is 9.59 Å². The average Bonchev–Trinajstić information content (AvgIpc) is 2.49. The van der Waals surface area contributed by atoms with Crippen molar-refractivity contribution >= 4 is 23.4 Å². The first-order valence-corrected chi connectivity index (χ1v) is 10.4. The molecule has 0 rings (SSSR count). The van der Waals surface area contributed by atoms with E-state index >= 15 is 0 Å². The predicted molar refractivity (Wildman–Crippen MR) is 108 cm³/mol. The van der Waals surface area contributed by atoms with Crippen LogP contribution in [-0.4, -0.2) is 32.9 Å². The lowest BCUT2D eigenvalue weighted by Gasteiger charge is -2.25. The maximum atomic E-state index is 12.0. The first-order valence-electron chi connectivity index (χ1n) is 10.1. The van der Waals surface area contributed by atoms with Crippen LogP contribution in [0, 0.1) is 5.41 Å². The van der Waals surface area contributed by atoms with Gasteiger partial charge in [0.1, 0.15) is 4.87 Å². The van der Waals surface area contributed by atoms with Gasteiger partial charge in [-0.25, -0.2) is 0 Å². The van der Waals surface area contributed by atoms with Crippen LogP contribution in [0.4, 0.5) is 0 Å². The van der Waals surface area contributed by atoms with E-state index in [9.17, 15) is 14.7 Å². The van der Waals surface area contributed by atoms with Gasteiger partial charge in [0, 0.05) is 6.42 Å². The fourth-order valence-electron chi connectivity index (χ4n) is 3.14. The van der Waals surface area contributed by atoms with Gasteiger partial charge in [-0.05, 0) is 57.3 Å². The molecule has 0 radical (unpaired) electrons. The maximum Gasteiger partial charge on any atom is 0.303 e. The molecule has 0 fully saturated rings. The van der Waals surface area contributed by atoms with E-state index in [1.54, 1.807) is 0 Å². The fourth-order valence-corrected chi connectivity index (χ4v) is 3.41. The lowest BCUT2D eigenvalue weighted by molar-refractivity contribution is -0.137. The van der Waals surface area contributed by atoms with E-state index in [2.05, 4.69) is 20.8 Å². The van der Waals surface area contributed by atoms with Crippen molar-refractivity contribution < 1.29 is 19.8 Å². The maximum absolute atomic E-state index is 12.0. The molecule has 0 saturated heterocycles. The number of carboxylic acid groups (broad SMARTS) is 1. The Morgan fingerprint density at radius 2 is 1.38 bits per heavy atom. The first-order chi connectivity index (χ1) is 12.0. The van der Waals surface area contributed by atoms with Crippen LogP contribution in [0.2, 0.25) is 0 Å². The first kappa shape index (κ1) is 25.4. The van der Waals surface area contributed by atoms with Crippen molar-refractivity contribution in [2.45, 2.75) is 116 Å². The van der Waals surface area contributed by atoms with Crippen LogP contribution in [0.25, 0.3) is 0 Å². The Kier molecular flexibility index (Phi) is 12.4. The number of aliphatic hydroxyl groups is 1. The number of halogens is 1. The fraction of sp³-hybridized carbons (Fsp3) is 0.905. The molecule has 0 heterocycles. The summed E-state index contributed by atoms with van der Waals surface area (Å²) in [6.45, 7) is 8.15. The third kappa shape index (κ3) is 13.6. The summed E-state index contributed by atoms with van der Waals surface area (Å²) in [4.78, 5) is 21.6. The third-order valence-corrected chi connectivity index (χ3v) is 5.56. The van der Waals surface area contributed by atoms with Crippen LogP contribution >= 0.6 is 11.6 Å². The molecule has 2 atom stereocenters. The Bertz CT molecular complexity index is 417. The number of aliphatic carboxylic acids is 1. The number of hydrogen-bond acceptors (Lipinski definition) is 3. The van der Waals surface area contributed by atoms with Gasteiger partial charge in [-0.1, -0.05) is 46.5 Å². The summed E-state index contributed by atoms with van der Waals surface area (Å²) in [5.74, 6) is -0.770. The number of carbonyl (C=O) groups excluding carboxylic acids is 1. The van der Waals surface area contributed by atoms with Gasteiger partial charge < -0.3 is 10.2 Å². The van der Waals surface area contributed by atoms with Gasteiger partial charge >= 0.3 is 5.97 Å². The Labute approximate surface area is 164 Å². The zero-order valence-electron chi connectivity index (χ0n) is 17.2. The van der Waals surface area contributed by atoms with Gasteiger partial charge in [-0.2, -0.15) is 0 Å². The highest BCUT2D eigenvalue weighted by molar-refractivity contribution is 6.34. The molecule has 5 heteroatoms. The average molecular weight is 391 g/mol. The molecule has 0 aromatic carbocycles. The lowest BCUT2D eigenvalue weighted by atomic mass is 9.88. The van der Waals surface area contributed by atoms with Crippen LogP contribution < -0.4 is 0 Å². The second-order valence-corrected chi connectivity index (χ2v) is 9.55. The summed E-state index contributed by atoms with van der Waals surface area (Å²) in [7, 11) is 0. The van der Waals surface area contributed by atoms with Crippen molar-refractivity contribution in [2.75, 3.05) is 0 Å². The summed E-state index contributed by atoms with van der Waals surface area (Å²) in [6.07, 6.45) is 8.69. The van der Waals surface area contributed by atoms with Crippen LogP contribution in [0.5, 0.6) is 0 Å². The summed E-state index contributed by atoms with van der Waals surface area (Å²) in [5, 5.41) is 18.7. The number of carbonyl (C=O) groups is 2. The molecule has 154 valence electrons. The summed E-state index contributed by atoms with van der Waals surface area (Å²) >= 11 is 6.56. The smallest absolute Gasteiger partial charge is 0.303 e. The number of rotatable bonds is 15. The molecule has 0 amide bonds. The zero-order valence-corrected chi connectivity index (χ0v) is 17.9. The van der Waals surface area contributed by atoms with Crippen molar-refractivity contribution in [2.24, 2.45) is 5.41 Å². The lowest BCUT2D eigenvalue weighted by Crippen LogP contribution is -2.30. The van der Waals surface area contributed by atoms with Crippen molar-refractivity contribution in [1.29, 1.82) is 0 Å². The Morgan fingerprint density at radius 1 is 0.885 bits per heavy atom. The number of carboxylic acids is 1. The van der Waals surface area contributed by atoms with E-state index in [1.807, 2.05) is 0 Å². The van der Waals surface area contributed by atoms with Crippen LogP contribution in [0.3, 0.4) is 0 Å². The molecule has 2 N–H and O–H groups in total. The quantitative estimate of drug-likeness (QED) is 0.276. The van der Waals surface area contributed by atoms with Gasteiger partial charge in [0.05, 0.1) is 6.10 Å². The van der Waals surface area contributed by atoms with E-state index in [0.29, 0.717) is 31.1 Å². The molecular formula is C21H39ClO4. The molecule has 0 aliphatic carbocycles. The van der Waals surface area contributed by atoms with Gasteiger partial charge in [-0.15, -0.1) is 11.6 Å². The number of alkyl halides is 1. The molecule has 2 unspecified atom stereocenters. The number of hydrogen-bond donors (Lipinski definition) is 2. The minimum atomic E-state index is -0.835. The van der Waals surface area contributed by atoms with E-state index in [0.717, 1.165) is 44.9 Å². The second kappa shape index (κ2) is 12.7. The molecule has 26 heavy (non-hydrogen) atoms. The minimum Gasteiger partial charge on any atom is -0.481 e. The summed E-state index contributed by atoms with van der Waals surface area (Å²) < 4.78 is 0. The van der Waals surface area contributed by atoms with Gasteiger partial charge in [-0.3, -0.25) is 9.59 Å². The Balaban J connectivity index is 4.05. The molecule has 0 aromatic heterocycles. The Hall–Kier alpha value is -0.610.